The minimum absolute atomic E-state index is 0.405. The van der Waals surface area contributed by atoms with E-state index in [2.05, 4.69) is 6.92 Å². The van der Waals surface area contributed by atoms with Crippen molar-refractivity contribution < 1.29 is 18.9 Å². The average molecular weight is 314 g/mol. The van der Waals surface area contributed by atoms with E-state index in [1.807, 2.05) is 0 Å². The maximum atomic E-state index is 5.59. The number of unbranched alkanes of at least 4 members (excludes halogenated alkanes) is 5. The van der Waals surface area contributed by atoms with Crippen molar-refractivity contribution in [3.05, 3.63) is 0 Å². The molecule has 0 spiro atoms. The van der Waals surface area contributed by atoms with Crippen LogP contribution in [0, 0.1) is 5.92 Å². The molecular weight excluding hydrogens is 280 g/mol. The van der Waals surface area contributed by atoms with E-state index >= 15 is 0 Å². The molecule has 2 fully saturated rings. The predicted molar refractivity (Wildman–Crippen MR) is 87.2 cm³/mol. The van der Waals surface area contributed by atoms with Crippen molar-refractivity contribution in [3.63, 3.8) is 0 Å². The van der Waals surface area contributed by atoms with Crippen LogP contribution in [0.25, 0.3) is 0 Å². The topological polar surface area (TPSA) is 43.5 Å². The van der Waals surface area contributed by atoms with Crippen molar-refractivity contribution in [1.82, 2.24) is 0 Å². The first-order chi connectivity index (χ1) is 10.8. The van der Waals surface area contributed by atoms with Crippen LogP contribution in [-0.2, 0) is 18.9 Å². The highest BCUT2D eigenvalue weighted by Crippen LogP contribution is 2.16. The van der Waals surface area contributed by atoms with Gasteiger partial charge in [0.25, 0.3) is 0 Å². The minimum Gasteiger partial charge on any atom is -0.379 e. The molecule has 0 aromatic carbocycles. The van der Waals surface area contributed by atoms with E-state index in [1.54, 1.807) is 0 Å². The molecule has 2 aliphatic heterocycles. The fraction of sp³-hybridized carbons (Fsp3) is 1.00. The molecule has 2 saturated heterocycles. The fourth-order valence-electron chi connectivity index (χ4n) is 2.59. The Morgan fingerprint density at radius 3 is 1.95 bits per heavy atom. The van der Waals surface area contributed by atoms with Gasteiger partial charge in [-0.2, -0.15) is 0 Å². The predicted octanol–water partition coefficient (Wildman–Crippen LogP) is 3.57. The lowest BCUT2D eigenvalue weighted by Gasteiger charge is -2.11. The number of hydrogen-bond donors (Lipinski definition) is 0. The van der Waals surface area contributed by atoms with Crippen LogP contribution >= 0.6 is 0 Å². The third-order valence-corrected chi connectivity index (χ3v) is 4.40. The van der Waals surface area contributed by atoms with Gasteiger partial charge in [0.05, 0.1) is 26.4 Å². The molecule has 3 atom stereocenters. The molecule has 0 saturated carbocycles. The number of ether oxygens (including phenoxy) is 4. The SMILES string of the molecule is CC(CCCCCCCCOCC1CO1)CCOCC1CO1. The molecule has 2 heterocycles. The molecule has 0 bridgehead atoms. The van der Waals surface area contributed by atoms with E-state index in [1.165, 1.54) is 51.4 Å². The summed E-state index contributed by atoms with van der Waals surface area (Å²) in [4.78, 5) is 0. The number of hydrogen-bond acceptors (Lipinski definition) is 4. The molecule has 4 heteroatoms. The Hall–Kier alpha value is -0.160. The zero-order valence-electron chi connectivity index (χ0n) is 14.3. The number of epoxide rings is 2. The quantitative estimate of drug-likeness (QED) is 0.323. The van der Waals surface area contributed by atoms with Gasteiger partial charge >= 0.3 is 0 Å². The Balaban J connectivity index is 1.23. The molecule has 0 radical (unpaired) electrons. The summed E-state index contributed by atoms with van der Waals surface area (Å²) in [5.74, 6) is 0.790. The molecule has 22 heavy (non-hydrogen) atoms. The van der Waals surface area contributed by atoms with E-state index in [4.69, 9.17) is 18.9 Å². The summed E-state index contributed by atoms with van der Waals surface area (Å²) in [5.41, 5.74) is 0. The highest BCUT2D eigenvalue weighted by molar-refractivity contribution is 4.67. The smallest absolute Gasteiger partial charge is 0.104 e. The van der Waals surface area contributed by atoms with Crippen molar-refractivity contribution >= 4 is 0 Å². The van der Waals surface area contributed by atoms with Gasteiger partial charge in [0, 0.05) is 13.2 Å². The number of rotatable bonds is 16. The highest BCUT2D eigenvalue weighted by atomic mass is 16.6. The van der Waals surface area contributed by atoms with Gasteiger partial charge in [0.2, 0.25) is 0 Å². The van der Waals surface area contributed by atoms with Gasteiger partial charge in [-0.05, 0) is 18.8 Å². The third kappa shape index (κ3) is 10.5. The highest BCUT2D eigenvalue weighted by Gasteiger charge is 2.22. The van der Waals surface area contributed by atoms with Crippen LogP contribution in [0.2, 0.25) is 0 Å². The molecule has 0 aromatic heterocycles. The Morgan fingerprint density at radius 2 is 1.32 bits per heavy atom. The van der Waals surface area contributed by atoms with Gasteiger partial charge in [0.15, 0.2) is 0 Å². The van der Waals surface area contributed by atoms with Crippen LogP contribution < -0.4 is 0 Å². The van der Waals surface area contributed by atoms with Crippen molar-refractivity contribution in [1.29, 1.82) is 0 Å². The van der Waals surface area contributed by atoms with Crippen LogP contribution in [0.3, 0.4) is 0 Å². The summed E-state index contributed by atoms with van der Waals surface area (Å²) in [6, 6.07) is 0. The second-order valence-electron chi connectivity index (χ2n) is 6.86. The van der Waals surface area contributed by atoms with Gasteiger partial charge in [-0.25, -0.2) is 0 Å². The zero-order valence-corrected chi connectivity index (χ0v) is 14.3. The van der Waals surface area contributed by atoms with E-state index in [0.29, 0.717) is 12.2 Å². The summed E-state index contributed by atoms with van der Waals surface area (Å²) in [6.07, 6.45) is 11.3. The third-order valence-electron chi connectivity index (χ3n) is 4.40. The van der Waals surface area contributed by atoms with E-state index in [0.717, 1.165) is 45.6 Å². The fourth-order valence-corrected chi connectivity index (χ4v) is 2.59. The molecule has 3 unspecified atom stereocenters. The maximum absolute atomic E-state index is 5.59. The van der Waals surface area contributed by atoms with Crippen LogP contribution in [0.4, 0.5) is 0 Å². The molecule has 0 aliphatic carbocycles. The largest absolute Gasteiger partial charge is 0.379 e. The van der Waals surface area contributed by atoms with Gasteiger partial charge < -0.3 is 18.9 Å². The van der Waals surface area contributed by atoms with Crippen molar-refractivity contribution in [2.75, 3.05) is 39.6 Å². The first-order valence-corrected chi connectivity index (χ1v) is 9.23. The average Bonchev–Trinajstić information content (AvgIpc) is 3.40. The van der Waals surface area contributed by atoms with Crippen molar-refractivity contribution in [3.8, 4) is 0 Å². The van der Waals surface area contributed by atoms with E-state index in [9.17, 15) is 0 Å². The van der Waals surface area contributed by atoms with Crippen LogP contribution in [0.1, 0.15) is 58.3 Å². The molecule has 130 valence electrons. The molecular formula is C18H34O4. The van der Waals surface area contributed by atoms with Crippen LogP contribution in [0.15, 0.2) is 0 Å². The van der Waals surface area contributed by atoms with Gasteiger partial charge in [-0.1, -0.05) is 45.4 Å². The monoisotopic (exact) mass is 314 g/mol. The van der Waals surface area contributed by atoms with Gasteiger partial charge in [-0.15, -0.1) is 0 Å². The summed E-state index contributed by atoms with van der Waals surface area (Å²) < 4.78 is 21.4. The Bertz CT molecular complexity index is 264. The molecule has 0 N–H and O–H groups in total. The Morgan fingerprint density at radius 1 is 0.773 bits per heavy atom. The summed E-state index contributed by atoms with van der Waals surface area (Å²) >= 11 is 0. The molecule has 4 nitrogen and oxygen atoms in total. The van der Waals surface area contributed by atoms with Crippen molar-refractivity contribution in [2.45, 2.75) is 70.5 Å². The molecule has 2 rings (SSSR count). The second kappa shape index (κ2) is 11.4. The Labute approximate surface area is 135 Å². The normalized spacial score (nSPS) is 24.4. The molecule has 2 aliphatic rings. The summed E-state index contributed by atoms with van der Waals surface area (Å²) in [7, 11) is 0. The van der Waals surface area contributed by atoms with E-state index < -0.39 is 0 Å². The van der Waals surface area contributed by atoms with Crippen molar-refractivity contribution in [2.24, 2.45) is 5.92 Å². The standard InChI is InChI=1S/C18H34O4/c1-16(9-11-20-13-18-15-22-18)8-6-4-2-3-5-7-10-19-12-17-14-21-17/h16-18H,2-15H2,1H3. The van der Waals surface area contributed by atoms with E-state index in [-0.39, 0.29) is 0 Å². The Kier molecular flexibility index (Phi) is 9.41. The molecule has 0 aromatic rings. The lowest BCUT2D eigenvalue weighted by atomic mass is 9.99. The maximum Gasteiger partial charge on any atom is 0.104 e. The summed E-state index contributed by atoms with van der Waals surface area (Å²) in [5, 5.41) is 0. The zero-order chi connectivity index (χ0) is 15.5. The van der Waals surface area contributed by atoms with Crippen LogP contribution in [-0.4, -0.2) is 51.8 Å². The van der Waals surface area contributed by atoms with Gasteiger partial charge in [0.1, 0.15) is 12.2 Å². The van der Waals surface area contributed by atoms with Crippen LogP contribution in [0.5, 0.6) is 0 Å². The minimum atomic E-state index is 0.405. The summed E-state index contributed by atoms with van der Waals surface area (Å²) in [6.45, 7) is 7.54. The van der Waals surface area contributed by atoms with Gasteiger partial charge in [-0.3, -0.25) is 0 Å². The lowest BCUT2D eigenvalue weighted by Crippen LogP contribution is -2.06. The first-order valence-electron chi connectivity index (χ1n) is 9.23. The first kappa shape index (κ1) is 18.2. The molecule has 0 amide bonds. The second-order valence-corrected chi connectivity index (χ2v) is 6.86. The lowest BCUT2D eigenvalue weighted by molar-refractivity contribution is 0.105.